The Morgan fingerprint density at radius 2 is 1.60 bits per heavy atom. The van der Waals surface area contributed by atoms with Gasteiger partial charge in [0, 0.05) is 45.8 Å². The number of hydrogen-bond donors (Lipinski definition) is 0. The van der Waals surface area contributed by atoms with Crippen molar-refractivity contribution in [2.24, 2.45) is 0 Å². The number of ether oxygens (including phenoxy) is 1. The van der Waals surface area contributed by atoms with Crippen molar-refractivity contribution in [2.75, 3.05) is 52.5 Å². The Labute approximate surface area is 178 Å². The number of carbonyl (C=O) groups is 1. The smallest absolute Gasteiger partial charge is 0.244 e. The highest BCUT2D eigenvalue weighted by Crippen LogP contribution is 2.25. The Kier molecular flexibility index (Phi) is 6.75. The van der Waals surface area contributed by atoms with E-state index in [9.17, 15) is 4.79 Å². The van der Waals surface area contributed by atoms with Crippen LogP contribution in [0.3, 0.4) is 0 Å². The molecule has 0 spiro atoms. The summed E-state index contributed by atoms with van der Waals surface area (Å²) in [6.45, 7) is 6.98. The van der Waals surface area contributed by atoms with Crippen LogP contribution in [0.5, 0.6) is 0 Å². The molecule has 2 aromatic carbocycles. The average molecular weight is 405 g/mol. The molecule has 0 radical (unpaired) electrons. The first kappa shape index (κ1) is 20.5. The number of piperazine rings is 1. The Balaban J connectivity index is 1.42. The molecule has 30 heavy (non-hydrogen) atoms. The quantitative estimate of drug-likeness (QED) is 0.765. The molecule has 0 aliphatic carbocycles. The van der Waals surface area contributed by atoms with E-state index in [0.717, 1.165) is 38.3 Å². The predicted octanol–water partition coefficient (Wildman–Crippen LogP) is 2.28. The van der Waals surface area contributed by atoms with Crippen molar-refractivity contribution < 1.29 is 9.53 Å². The van der Waals surface area contributed by atoms with Crippen LogP contribution in [0.15, 0.2) is 54.6 Å². The molecule has 0 N–H and O–H groups in total. The number of nitrogens with zero attached hydrogens (tertiary/aromatic N) is 4. The second-order valence-corrected chi connectivity index (χ2v) is 7.87. The second-order valence-electron chi connectivity index (χ2n) is 7.87. The lowest BCUT2D eigenvalue weighted by Crippen LogP contribution is -2.52. The summed E-state index contributed by atoms with van der Waals surface area (Å²) in [6, 6.07) is 19.9. The minimum absolute atomic E-state index is 0.185. The Hall–Kier alpha value is -2.72. The summed E-state index contributed by atoms with van der Waals surface area (Å²) in [5, 5.41) is 8.96. The molecule has 1 atom stereocenters. The zero-order valence-corrected chi connectivity index (χ0v) is 17.2. The van der Waals surface area contributed by atoms with Crippen LogP contribution in [0.1, 0.15) is 22.7 Å². The lowest BCUT2D eigenvalue weighted by atomic mass is 10.0. The first-order valence-corrected chi connectivity index (χ1v) is 10.6. The van der Waals surface area contributed by atoms with E-state index < -0.39 is 0 Å². The highest BCUT2D eigenvalue weighted by Gasteiger charge is 2.33. The zero-order chi connectivity index (χ0) is 20.8. The molecule has 2 heterocycles. The first-order chi connectivity index (χ1) is 14.7. The Bertz CT molecular complexity index is 864. The van der Waals surface area contributed by atoms with Gasteiger partial charge in [0.05, 0.1) is 24.8 Å². The molecule has 1 amide bonds. The molecule has 156 valence electrons. The number of amides is 1. The van der Waals surface area contributed by atoms with E-state index >= 15 is 0 Å². The van der Waals surface area contributed by atoms with E-state index in [4.69, 9.17) is 10.00 Å². The van der Waals surface area contributed by atoms with Crippen LogP contribution in [0.25, 0.3) is 0 Å². The molecule has 4 rings (SSSR count). The van der Waals surface area contributed by atoms with Crippen molar-refractivity contribution >= 4 is 5.91 Å². The first-order valence-electron chi connectivity index (χ1n) is 10.6. The third-order valence-corrected chi connectivity index (χ3v) is 5.93. The summed E-state index contributed by atoms with van der Waals surface area (Å²) in [5.41, 5.74) is 2.97. The molecular formula is C24H28N4O2. The average Bonchev–Trinajstić information content (AvgIpc) is 2.82. The number of nitriles is 1. The highest BCUT2D eigenvalue weighted by atomic mass is 16.5. The van der Waals surface area contributed by atoms with Gasteiger partial charge in [0.2, 0.25) is 5.91 Å². The van der Waals surface area contributed by atoms with Crippen LogP contribution in [0.4, 0.5) is 0 Å². The number of hydrogen-bond acceptors (Lipinski definition) is 5. The van der Waals surface area contributed by atoms with Crippen LogP contribution in [-0.2, 0) is 16.1 Å². The maximum atomic E-state index is 13.4. The van der Waals surface area contributed by atoms with Crippen LogP contribution in [0.2, 0.25) is 0 Å². The Morgan fingerprint density at radius 1 is 0.933 bits per heavy atom. The number of rotatable bonds is 5. The van der Waals surface area contributed by atoms with Gasteiger partial charge in [0.1, 0.15) is 6.04 Å². The second kappa shape index (κ2) is 9.86. The molecule has 2 aromatic rings. The van der Waals surface area contributed by atoms with Gasteiger partial charge in [0.25, 0.3) is 0 Å². The van der Waals surface area contributed by atoms with Gasteiger partial charge in [-0.15, -0.1) is 0 Å². The molecule has 2 saturated heterocycles. The van der Waals surface area contributed by atoms with Gasteiger partial charge in [-0.3, -0.25) is 14.6 Å². The van der Waals surface area contributed by atoms with Crippen molar-refractivity contribution in [3.63, 3.8) is 0 Å². The summed E-state index contributed by atoms with van der Waals surface area (Å²) >= 11 is 0. The minimum atomic E-state index is -0.235. The van der Waals surface area contributed by atoms with Gasteiger partial charge in [-0.1, -0.05) is 42.5 Å². The van der Waals surface area contributed by atoms with E-state index in [1.54, 1.807) is 0 Å². The number of carbonyl (C=O) groups excluding carboxylic acids is 1. The maximum absolute atomic E-state index is 13.4. The molecule has 2 aliphatic heterocycles. The third kappa shape index (κ3) is 4.88. The normalized spacial score (nSPS) is 19.2. The molecule has 2 fully saturated rings. The van der Waals surface area contributed by atoms with Gasteiger partial charge < -0.3 is 9.64 Å². The summed E-state index contributed by atoms with van der Waals surface area (Å²) in [7, 11) is 0. The van der Waals surface area contributed by atoms with Crippen molar-refractivity contribution in [1.29, 1.82) is 5.26 Å². The molecule has 6 nitrogen and oxygen atoms in total. The predicted molar refractivity (Wildman–Crippen MR) is 115 cm³/mol. The van der Waals surface area contributed by atoms with Crippen molar-refractivity contribution in [2.45, 2.75) is 12.6 Å². The standard InChI is InChI=1S/C24H28N4O2/c25-18-20-6-8-21(9-7-20)19-26-10-12-27(13-11-26)23(22-4-2-1-3-5-22)24(29)28-14-16-30-17-15-28/h1-9,23H,10-17,19H2/t23-/m1/s1. The summed E-state index contributed by atoms with van der Waals surface area (Å²) in [4.78, 5) is 20.1. The van der Waals surface area contributed by atoms with Gasteiger partial charge in [-0.25, -0.2) is 0 Å². The third-order valence-electron chi connectivity index (χ3n) is 5.93. The lowest BCUT2D eigenvalue weighted by Gasteiger charge is -2.41. The molecule has 2 aliphatic rings. The molecule has 0 saturated carbocycles. The Morgan fingerprint density at radius 3 is 2.23 bits per heavy atom. The van der Waals surface area contributed by atoms with Crippen LogP contribution in [-0.4, -0.2) is 73.1 Å². The van der Waals surface area contributed by atoms with E-state index in [0.29, 0.717) is 31.9 Å². The van der Waals surface area contributed by atoms with E-state index in [-0.39, 0.29) is 11.9 Å². The zero-order valence-electron chi connectivity index (χ0n) is 17.2. The van der Waals surface area contributed by atoms with Gasteiger partial charge in [-0.05, 0) is 23.3 Å². The van der Waals surface area contributed by atoms with Crippen LogP contribution < -0.4 is 0 Å². The largest absolute Gasteiger partial charge is 0.378 e. The topological polar surface area (TPSA) is 59.8 Å². The lowest BCUT2D eigenvalue weighted by molar-refractivity contribution is -0.142. The van der Waals surface area contributed by atoms with Crippen molar-refractivity contribution in [3.05, 3.63) is 71.3 Å². The molecule has 6 heteroatoms. The van der Waals surface area contributed by atoms with E-state index in [2.05, 4.69) is 28.0 Å². The molecule has 0 unspecified atom stereocenters. The monoisotopic (exact) mass is 404 g/mol. The van der Waals surface area contributed by atoms with Crippen LogP contribution >= 0.6 is 0 Å². The SMILES string of the molecule is N#Cc1ccc(CN2CCN([C@@H](C(=O)N3CCOCC3)c3ccccc3)CC2)cc1. The number of morpholine rings is 1. The van der Waals surface area contributed by atoms with E-state index in [1.807, 2.05) is 47.4 Å². The molecular weight excluding hydrogens is 376 g/mol. The van der Waals surface area contributed by atoms with Crippen molar-refractivity contribution in [1.82, 2.24) is 14.7 Å². The highest BCUT2D eigenvalue weighted by molar-refractivity contribution is 5.83. The fourth-order valence-corrected chi connectivity index (χ4v) is 4.22. The fraction of sp³-hybridized carbons (Fsp3) is 0.417. The van der Waals surface area contributed by atoms with E-state index in [1.165, 1.54) is 5.56 Å². The molecule has 0 bridgehead atoms. The van der Waals surface area contributed by atoms with Gasteiger partial charge in [-0.2, -0.15) is 5.26 Å². The summed E-state index contributed by atoms with van der Waals surface area (Å²) in [5.74, 6) is 0.185. The van der Waals surface area contributed by atoms with Gasteiger partial charge in [0.15, 0.2) is 0 Å². The van der Waals surface area contributed by atoms with Crippen LogP contribution in [0, 0.1) is 11.3 Å². The maximum Gasteiger partial charge on any atom is 0.244 e. The minimum Gasteiger partial charge on any atom is -0.378 e. The molecule has 0 aromatic heterocycles. The fourth-order valence-electron chi connectivity index (χ4n) is 4.22. The summed E-state index contributed by atoms with van der Waals surface area (Å²) < 4.78 is 5.43. The van der Waals surface area contributed by atoms with Crippen molar-refractivity contribution in [3.8, 4) is 6.07 Å². The van der Waals surface area contributed by atoms with Gasteiger partial charge >= 0.3 is 0 Å². The number of benzene rings is 2. The summed E-state index contributed by atoms with van der Waals surface area (Å²) in [6.07, 6.45) is 0.